The van der Waals surface area contributed by atoms with Gasteiger partial charge in [0, 0.05) is 17.4 Å². The zero-order chi connectivity index (χ0) is 28.0. The summed E-state index contributed by atoms with van der Waals surface area (Å²) in [6.45, 7) is 3.26. The fourth-order valence-corrected chi connectivity index (χ4v) is 5.10. The van der Waals surface area contributed by atoms with Crippen molar-refractivity contribution in [3.63, 3.8) is 0 Å². The number of ether oxygens (including phenoxy) is 1. The minimum atomic E-state index is -3.54. The molecule has 3 aromatic carbocycles. The summed E-state index contributed by atoms with van der Waals surface area (Å²) in [4.78, 5) is 8.88. The molecule has 0 atom stereocenters. The third-order valence-corrected chi connectivity index (χ3v) is 8.24. The zero-order valence-electron chi connectivity index (χ0n) is 21.4. The van der Waals surface area contributed by atoms with Crippen LogP contribution in [0, 0.1) is 0 Å². The number of para-hydroxylation sites is 2. The Labute approximate surface area is 237 Å². The molecule has 4 N–H and O–H groups in total. The van der Waals surface area contributed by atoms with E-state index in [2.05, 4.69) is 31.2 Å². The van der Waals surface area contributed by atoms with Crippen molar-refractivity contribution in [3.8, 4) is 5.75 Å². The van der Waals surface area contributed by atoms with Crippen LogP contribution in [0.25, 0.3) is 0 Å². The average Bonchev–Trinajstić information content (AvgIpc) is 2.92. The van der Waals surface area contributed by atoms with E-state index in [1.165, 1.54) is 6.20 Å². The van der Waals surface area contributed by atoms with Crippen molar-refractivity contribution >= 4 is 73.3 Å². The SMILES string of the molecule is COc1cc(NC(=S)Nc2ccccc2)ccc1Nc1ncc(Cl)c(Nc2ccccc2S(=O)(=O)C(C)C)n1. The van der Waals surface area contributed by atoms with E-state index in [0.717, 1.165) is 5.69 Å². The lowest BCUT2D eigenvalue weighted by Gasteiger charge is -2.16. The predicted molar refractivity (Wildman–Crippen MR) is 162 cm³/mol. The summed E-state index contributed by atoms with van der Waals surface area (Å²) < 4.78 is 31.2. The normalized spacial score (nSPS) is 11.1. The van der Waals surface area contributed by atoms with E-state index in [-0.39, 0.29) is 21.7 Å². The summed E-state index contributed by atoms with van der Waals surface area (Å²) in [5.41, 5.74) is 2.55. The molecule has 9 nitrogen and oxygen atoms in total. The first kappa shape index (κ1) is 28.1. The van der Waals surface area contributed by atoms with Gasteiger partial charge in [-0.1, -0.05) is 41.9 Å². The molecule has 0 saturated heterocycles. The Hall–Kier alpha value is -3.93. The molecule has 0 amide bonds. The van der Waals surface area contributed by atoms with Gasteiger partial charge in [0.25, 0.3) is 0 Å². The number of anilines is 6. The van der Waals surface area contributed by atoms with E-state index in [4.69, 9.17) is 28.6 Å². The molecule has 1 aromatic heterocycles. The van der Waals surface area contributed by atoms with Gasteiger partial charge in [0.1, 0.15) is 10.8 Å². The number of aromatic nitrogens is 2. The van der Waals surface area contributed by atoms with E-state index in [9.17, 15) is 8.42 Å². The van der Waals surface area contributed by atoms with E-state index in [1.807, 2.05) is 36.4 Å². The van der Waals surface area contributed by atoms with Gasteiger partial charge in [-0.05, 0) is 62.5 Å². The number of hydrogen-bond acceptors (Lipinski definition) is 8. The van der Waals surface area contributed by atoms with Gasteiger partial charge in [-0.3, -0.25) is 0 Å². The third kappa shape index (κ3) is 6.94. The maximum atomic E-state index is 12.8. The van der Waals surface area contributed by atoms with Crippen molar-refractivity contribution in [2.24, 2.45) is 0 Å². The zero-order valence-corrected chi connectivity index (χ0v) is 23.8. The van der Waals surface area contributed by atoms with Crippen LogP contribution in [-0.2, 0) is 9.84 Å². The molecular weight excluding hydrogens is 556 g/mol. The van der Waals surface area contributed by atoms with E-state index < -0.39 is 15.1 Å². The van der Waals surface area contributed by atoms with Crippen molar-refractivity contribution in [2.75, 3.05) is 28.4 Å². The molecule has 4 rings (SSSR count). The Morgan fingerprint density at radius 2 is 1.62 bits per heavy atom. The van der Waals surface area contributed by atoms with Crippen molar-refractivity contribution in [3.05, 3.63) is 84.0 Å². The van der Waals surface area contributed by atoms with Gasteiger partial charge < -0.3 is 26.0 Å². The van der Waals surface area contributed by atoms with Crippen LogP contribution in [0.15, 0.2) is 83.9 Å². The summed E-state index contributed by atoms with van der Waals surface area (Å²) >= 11 is 11.8. The Morgan fingerprint density at radius 1 is 0.923 bits per heavy atom. The lowest BCUT2D eigenvalue weighted by atomic mass is 10.2. The molecule has 0 radical (unpaired) electrons. The average molecular weight is 583 g/mol. The number of methoxy groups -OCH3 is 1. The van der Waals surface area contributed by atoms with Crippen molar-refractivity contribution in [2.45, 2.75) is 24.0 Å². The number of sulfone groups is 1. The number of benzene rings is 3. The van der Waals surface area contributed by atoms with Gasteiger partial charge in [0.15, 0.2) is 20.8 Å². The second kappa shape index (κ2) is 12.3. The minimum Gasteiger partial charge on any atom is -0.494 e. The highest BCUT2D eigenvalue weighted by Crippen LogP contribution is 2.33. The van der Waals surface area contributed by atoms with E-state index >= 15 is 0 Å². The molecule has 0 aliphatic heterocycles. The number of nitrogens with one attached hydrogen (secondary N) is 4. The Balaban J connectivity index is 1.53. The Bertz CT molecular complexity index is 1580. The molecule has 12 heteroatoms. The monoisotopic (exact) mass is 582 g/mol. The van der Waals surface area contributed by atoms with Crippen LogP contribution in [0.3, 0.4) is 0 Å². The number of halogens is 1. The molecule has 0 aliphatic rings. The van der Waals surface area contributed by atoms with Gasteiger partial charge >= 0.3 is 0 Å². The second-order valence-corrected chi connectivity index (χ2v) is 11.9. The van der Waals surface area contributed by atoms with E-state index in [0.29, 0.717) is 27.9 Å². The minimum absolute atomic E-state index is 0.161. The van der Waals surface area contributed by atoms with Crippen molar-refractivity contribution in [1.82, 2.24) is 9.97 Å². The molecule has 4 aromatic rings. The predicted octanol–water partition coefficient (Wildman–Crippen LogP) is 6.62. The maximum absolute atomic E-state index is 12.8. The molecule has 39 heavy (non-hydrogen) atoms. The van der Waals surface area contributed by atoms with Crippen LogP contribution >= 0.6 is 23.8 Å². The molecule has 0 saturated carbocycles. The quantitative estimate of drug-likeness (QED) is 0.160. The van der Waals surface area contributed by atoms with Crippen LogP contribution in [-0.4, -0.2) is 35.9 Å². The maximum Gasteiger partial charge on any atom is 0.229 e. The molecule has 0 aliphatic carbocycles. The first-order valence-electron chi connectivity index (χ1n) is 11.9. The number of rotatable bonds is 9. The number of nitrogens with zero attached hydrogens (tertiary/aromatic N) is 2. The third-order valence-electron chi connectivity index (χ3n) is 5.55. The fourth-order valence-electron chi connectivity index (χ4n) is 3.52. The summed E-state index contributed by atoms with van der Waals surface area (Å²) in [6, 6.07) is 21.6. The molecule has 0 fully saturated rings. The summed E-state index contributed by atoms with van der Waals surface area (Å²) in [6.07, 6.45) is 1.43. The summed E-state index contributed by atoms with van der Waals surface area (Å²) in [5, 5.41) is 12.5. The number of hydrogen-bond donors (Lipinski definition) is 4. The molecule has 0 unspecified atom stereocenters. The van der Waals surface area contributed by atoms with Crippen LogP contribution in [0.2, 0.25) is 5.02 Å². The topological polar surface area (TPSA) is 117 Å². The first-order chi connectivity index (χ1) is 18.7. The Kier molecular flexibility index (Phi) is 8.85. The van der Waals surface area contributed by atoms with Crippen molar-refractivity contribution < 1.29 is 13.2 Å². The molecular formula is C27H27ClN6O3S2. The largest absolute Gasteiger partial charge is 0.494 e. The number of thiocarbonyl (C=S) groups is 1. The van der Waals surface area contributed by atoms with Crippen molar-refractivity contribution in [1.29, 1.82) is 0 Å². The highest BCUT2D eigenvalue weighted by molar-refractivity contribution is 7.92. The molecule has 202 valence electrons. The molecule has 0 bridgehead atoms. The highest BCUT2D eigenvalue weighted by Gasteiger charge is 2.23. The van der Waals surface area contributed by atoms with Gasteiger partial charge in [-0.2, -0.15) is 4.98 Å². The lowest BCUT2D eigenvalue weighted by molar-refractivity contribution is 0.417. The van der Waals surface area contributed by atoms with Gasteiger partial charge in [0.2, 0.25) is 5.95 Å². The van der Waals surface area contributed by atoms with Gasteiger partial charge in [-0.15, -0.1) is 0 Å². The van der Waals surface area contributed by atoms with Crippen LogP contribution in [0.4, 0.5) is 34.5 Å². The second-order valence-electron chi connectivity index (χ2n) is 8.59. The Morgan fingerprint density at radius 3 is 2.33 bits per heavy atom. The lowest BCUT2D eigenvalue weighted by Crippen LogP contribution is -2.19. The van der Waals surface area contributed by atoms with Crippen LogP contribution in [0.1, 0.15) is 13.8 Å². The van der Waals surface area contributed by atoms with E-state index in [1.54, 1.807) is 57.4 Å². The smallest absolute Gasteiger partial charge is 0.229 e. The standard InChI is InChI=1S/C27H27ClN6O3S2/c1-17(2)39(35,36)24-12-8-7-11-22(24)32-25-20(28)16-29-26(34-25)33-21-14-13-19(15-23(21)37-3)31-27(38)30-18-9-5-4-6-10-18/h4-17H,1-3H3,(H2,30,31,38)(H2,29,32,33,34). The van der Waals surface area contributed by atoms with Crippen LogP contribution in [0.5, 0.6) is 5.75 Å². The fraction of sp³-hybridized carbons (Fsp3) is 0.148. The highest BCUT2D eigenvalue weighted by atomic mass is 35.5. The molecule has 1 heterocycles. The summed E-state index contributed by atoms with van der Waals surface area (Å²) in [7, 11) is -1.99. The van der Waals surface area contributed by atoms with Gasteiger partial charge in [0.05, 0.1) is 34.8 Å². The molecule has 0 spiro atoms. The summed E-state index contributed by atoms with van der Waals surface area (Å²) in [5.74, 6) is 0.991. The van der Waals surface area contributed by atoms with Crippen LogP contribution < -0.4 is 26.0 Å². The first-order valence-corrected chi connectivity index (χ1v) is 14.2. The van der Waals surface area contributed by atoms with Gasteiger partial charge in [-0.25, -0.2) is 13.4 Å².